The third-order valence-corrected chi connectivity index (χ3v) is 3.09. The average Bonchev–Trinajstić information content (AvgIpc) is 2.38. The lowest BCUT2D eigenvalue weighted by Crippen LogP contribution is -2.00. The third kappa shape index (κ3) is 3.02. The van der Waals surface area contributed by atoms with Crippen molar-refractivity contribution in [3.05, 3.63) is 58.9 Å². The van der Waals surface area contributed by atoms with Crippen LogP contribution in [0.5, 0.6) is 5.75 Å². The van der Waals surface area contributed by atoms with E-state index >= 15 is 0 Å². The smallest absolute Gasteiger partial charge is 0.125 e. The number of rotatable bonds is 4. The van der Waals surface area contributed by atoms with Crippen LogP contribution < -0.4 is 4.74 Å². The molecule has 1 heterocycles. The van der Waals surface area contributed by atoms with E-state index in [1.165, 1.54) is 0 Å². The molecule has 0 unspecified atom stereocenters. The Balaban J connectivity index is 2.15. The zero-order valence-electron chi connectivity index (χ0n) is 10.6. The van der Waals surface area contributed by atoms with Crippen LogP contribution in [-0.2, 0) is 12.5 Å². The zero-order chi connectivity index (χ0) is 13.0. The van der Waals surface area contributed by atoms with Gasteiger partial charge in [0.05, 0.1) is 0 Å². The molecule has 0 N–H and O–H groups in total. The van der Waals surface area contributed by atoms with Gasteiger partial charge in [-0.2, -0.15) is 0 Å². The summed E-state index contributed by atoms with van der Waals surface area (Å²) in [5.74, 6) is 1.47. The Labute approximate surface area is 113 Å². The summed E-state index contributed by atoms with van der Waals surface area (Å²) < 4.78 is 5.87. The van der Waals surface area contributed by atoms with Gasteiger partial charge in [0.2, 0.25) is 0 Å². The molecule has 0 saturated heterocycles. The van der Waals surface area contributed by atoms with E-state index in [9.17, 15) is 0 Å². The van der Waals surface area contributed by atoms with Gasteiger partial charge in [-0.05, 0) is 36.6 Å². The highest BCUT2D eigenvalue weighted by Gasteiger charge is 2.06. The summed E-state index contributed by atoms with van der Waals surface area (Å²) in [5, 5.41) is 0. The SMILES string of the molecule is Cc1cc(CCl)cc(C)c1OCc1cccnc1. The second kappa shape index (κ2) is 5.87. The number of ether oxygens (including phenoxy) is 1. The van der Waals surface area contributed by atoms with Crippen LogP contribution in [0, 0.1) is 13.8 Å². The van der Waals surface area contributed by atoms with Crippen LogP contribution in [0.1, 0.15) is 22.3 Å². The molecule has 3 heteroatoms. The van der Waals surface area contributed by atoms with E-state index < -0.39 is 0 Å². The topological polar surface area (TPSA) is 22.1 Å². The molecule has 0 saturated carbocycles. The summed E-state index contributed by atoms with van der Waals surface area (Å²) in [6.07, 6.45) is 3.58. The van der Waals surface area contributed by atoms with Gasteiger partial charge in [0.25, 0.3) is 0 Å². The van der Waals surface area contributed by atoms with Crippen molar-refractivity contribution >= 4 is 11.6 Å². The molecule has 0 atom stereocenters. The summed E-state index contributed by atoms with van der Waals surface area (Å²) >= 11 is 5.85. The molecule has 0 bridgehead atoms. The molecule has 0 spiro atoms. The summed E-state index contributed by atoms with van der Waals surface area (Å²) in [6.45, 7) is 4.62. The lowest BCUT2D eigenvalue weighted by Gasteiger charge is -2.13. The molecule has 0 aliphatic carbocycles. The Morgan fingerprint density at radius 3 is 2.44 bits per heavy atom. The molecular formula is C15H16ClNO. The number of hydrogen-bond acceptors (Lipinski definition) is 2. The van der Waals surface area contributed by atoms with Crippen LogP contribution in [0.2, 0.25) is 0 Å². The van der Waals surface area contributed by atoms with E-state index in [1.807, 2.05) is 32.2 Å². The number of benzene rings is 1. The molecule has 0 aliphatic rings. The molecule has 94 valence electrons. The summed E-state index contributed by atoms with van der Waals surface area (Å²) in [5.41, 5.74) is 4.43. The van der Waals surface area contributed by atoms with Crippen LogP contribution in [-0.4, -0.2) is 4.98 Å². The average molecular weight is 262 g/mol. The fraction of sp³-hybridized carbons (Fsp3) is 0.267. The first kappa shape index (κ1) is 12.9. The van der Waals surface area contributed by atoms with Gasteiger partial charge in [-0.1, -0.05) is 18.2 Å². The molecule has 0 aliphatic heterocycles. The fourth-order valence-electron chi connectivity index (χ4n) is 1.98. The van der Waals surface area contributed by atoms with E-state index in [0.29, 0.717) is 12.5 Å². The van der Waals surface area contributed by atoms with Crippen molar-refractivity contribution in [3.8, 4) is 5.75 Å². The Bertz CT molecular complexity index is 502. The van der Waals surface area contributed by atoms with Crippen molar-refractivity contribution in [1.82, 2.24) is 4.98 Å². The van der Waals surface area contributed by atoms with Crippen LogP contribution in [0.4, 0.5) is 0 Å². The van der Waals surface area contributed by atoms with E-state index in [2.05, 4.69) is 17.1 Å². The van der Waals surface area contributed by atoms with Gasteiger partial charge < -0.3 is 4.74 Å². The number of alkyl halides is 1. The monoisotopic (exact) mass is 261 g/mol. The Hall–Kier alpha value is -1.54. The van der Waals surface area contributed by atoms with Crippen LogP contribution in [0.15, 0.2) is 36.7 Å². The Morgan fingerprint density at radius 1 is 1.17 bits per heavy atom. The van der Waals surface area contributed by atoms with Crippen molar-refractivity contribution < 1.29 is 4.74 Å². The van der Waals surface area contributed by atoms with Gasteiger partial charge in [0, 0.05) is 23.8 Å². The molecule has 0 amide bonds. The van der Waals surface area contributed by atoms with Crippen molar-refractivity contribution in [3.63, 3.8) is 0 Å². The Kier molecular flexibility index (Phi) is 4.21. The van der Waals surface area contributed by atoms with Crippen LogP contribution >= 0.6 is 11.6 Å². The first-order chi connectivity index (χ1) is 8.70. The van der Waals surface area contributed by atoms with Gasteiger partial charge in [0.15, 0.2) is 0 Å². The highest BCUT2D eigenvalue weighted by Crippen LogP contribution is 2.26. The van der Waals surface area contributed by atoms with E-state index in [1.54, 1.807) is 6.20 Å². The molecular weight excluding hydrogens is 246 g/mol. The number of halogens is 1. The zero-order valence-corrected chi connectivity index (χ0v) is 11.4. The number of aryl methyl sites for hydroxylation is 2. The second-order valence-corrected chi connectivity index (χ2v) is 4.61. The van der Waals surface area contributed by atoms with Crippen molar-refractivity contribution in [2.75, 3.05) is 0 Å². The van der Waals surface area contributed by atoms with Crippen molar-refractivity contribution in [2.45, 2.75) is 26.3 Å². The number of nitrogens with zero attached hydrogens (tertiary/aromatic N) is 1. The van der Waals surface area contributed by atoms with Gasteiger partial charge in [-0.25, -0.2) is 0 Å². The molecule has 2 nitrogen and oxygen atoms in total. The van der Waals surface area contributed by atoms with E-state index in [0.717, 1.165) is 28.0 Å². The summed E-state index contributed by atoms with van der Waals surface area (Å²) in [6, 6.07) is 8.05. The fourth-order valence-corrected chi connectivity index (χ4v) is 2.14. The van der Waals surface area contributed by atoms with Crippen LogP contribution in [0.25, 0.3) is 0 Å². The number of hydrogen-bond donors (Lipinski definition) is 0. The van der Waals surface area contributed by atoms with Gasteiger partial charge in [-0.15, -0.1) is 11.6 Å². The maximum Gasteiger partial charge on any atom is 0.125 e. The predicted octanol–water partition coefficient (Wildman–Crippen LogP) is 4.02. The molecule has 1 aromatic carbocycles. The van der Waals surface area contributed by atoms with Gasteiger partial charge >= 0.3 is 0 Å². The molecule has 1 aromatic heterocycles. The number of aromatic nitrogens is 1. The maximum atomic E-state index is 5.87. The summed E-state index contributed by atoms with van der Waals surface area (Å²) in [7, 11) is 0. The predicted molar refractivity (Wildman–Crippen MR) is 74.0 cm³/mol. The first-order valence-corrected chi connectivity index (χ1v) is 6.42. The lowest BCUT2D eigenvalue weighted by molar-refractivity contribution is 0.301. The lowest BCUT2D eigenvalue weighted by atomic mass is 10.1. The quantitative estimate of drug-likeness (QED) is 0.776. The van der Waals surface area contributed by atoms with E-state index in [4.69, 9.17) is 16.3 Å². The molecule has 0 fully saturated rings. The third-order valence-electron chi connectivity index (χ3n) is 2.78. The maximum absolute atomic E-state index is 5.87. The highest BCUT2D eigenvalue weighted by atomic mass is 35.5. The van der Waals surface area contributed by atoms with Crippen molar-refractivity contribution in [2.24, 2.45) is 0 Å². The van der Waals surface area contributed by atoms with Gasteiger partial charge in [-0.3, -0.25) is 4.98 Å². The van der Waals surface area contributed by atoms with E-state index in [-0.39, 0.29) is 0 Å². The standard InChI is InChI=1S/C15H16ClNO/c1-11-6-14(8-16)7-12(2)15(11)18-10-13-4-3-5-17-9-13/h3-7,9H,8,10H2,1-2H3. The second-order valence-electron chi connectivity index (χ2n) is 4.34. The summed E-state index contributed by atoms with van der Waals surface area (Å²) in [4.78, 5) is 4.07. The highest BCUT2D eigenvalue weighted by molar-refractivity contribution is 6.17. The molecule has 2 rings (SSSR count). The molecule has 18 heavy (non-hydrogen) atoms. The van der Waals surface area contributed by atoms with Gasteiger partial charge in [0.1, 0.15) is 12.4 Å². The minimum Gasteiger partial charge on any atom is -0.488 e. The first-order valence-electron chi connectivity index (χ1n) is 5.88. The normalized spacial score (nSPS) is 10.4. The molecule has 0 radical (unpaired) electrons. The minimum atomic E-state index is 0.532. The van der Waals surface area contributed by atoms with Crippen molar-refractivity contribution in [1.29, 1.82) is 0 Å². The number of pyridine rings is 1. The Morgan fingerprint density at radius 2 is 1.89 bits per heavy atom. The molecule has 2 aromatic rings. The largest absolute Gasteiger partial charge is 0.488 e. The minimum absolute atomic E-state index is 0.532. The van der Waals surface area contributed by atoms with Crippen LogP contribution in [0.3, 0.4) is 0 Å².